The highest BCUT2D eigenvalue weighted by Crippen LogP contribution is 2.46. The molecule has 8 rings (SSSR count). The van der Waals surface area contributed by atoms with Crippen LogP contribution in [0.25, 0.3) is 33.5 Å². The first-order chi connectivity index (χ1) is 27.0. The van der Waals surface area contributed by atoms with E-state index < -0.39 is 74.5 Å². The van der Waals surface area contributed by atoms with Crippen molar-refractivity contribution in [1.82, 2.24) is 30.2 Å². The molecule has 4 amide bonds. The zero-order valence-corrected chi connectivity index (χ0v) is 31.3. The minimum atomic E-state index is -3.93. The zero-order valence-electron chi connectivity index (χ0n) is 30.5. The number of sulfonamides is 1. The smallest absolute Gasteiger partial charge is 0.407 e. The number of amides is 4. The van der Waals surface area contributed by atoms with Gasteiger partial charge in [0.05, 0.1) is 18.9 Å². The summed E-state index contributed by atoms with van der Waals surface area (Å²) in [5.74, 6) is -2.71. The molecule has 15 nitrogen and oxygen atoms in total. The number of furan rings is 1. The lowest BCUT2D eigenvalue weighted by Gasteiger charge is -2.29. The number of para-hydroxylation sites is 1. The van der Waals surface area contributed by atoms with E-state index in [4.69, 9.17) is 18.9 Å². The third kappa shape index (κ3) is 7.39. The van der Waals surface area contributed by atoms with Crippen LogP contribution in [0.5, 0.6) is 5.88 Å². The van der Waals surface area contributed by atoms with Gasteiger partial charge in [0.15, 0.2) is 5.82 Å². The molecule has 294 valence electrons. The number of fused-ring (bicyclic) bond motifs is 5. The number of halogens is 1. The molecule has 4 aliphatic rings. The molecule has 5 atom stereocenters. The Bertz CT molecular complexity index is 2350. The molecule has 3 N–H and O–H groups in total. The lowest BCUT2D eigenvalue weighted by Crippen LogP contribution is -2.58. The van der Waals surface area contributed by atoms with Gasteiger partial charge in [0.2, 0.25) is 27.4 Å². The van der Waals surface area contributed by atoms with E-state index in [1.807, 2.05) is 24.3 Å². The molecule has 4 heterocycles. The molecule has 1 saturated heterocycles. The Hall–Kier alpha value is -5.58. The minimum Gasteiger partial charge on any atom is -0.470 e. The highest BCUT2D eigenvalue weighted by Gasteiger charge is 2.62. The highest BCUT2D eigenvalue weighted by molar-refractivity contribution is 7.91. The topological polar surface area (TPSA) is 199 Å². The first-order valence-electron chi connectivity index (χ1n) is 18.8. The van der Waals surface area contributed by atoms with Crippen LogP contribution in [0.3, 0.4) is 0 Å². The maximum absolute atomic E-state index is 14.4. The summed E-state index contributed by atoms with van der Waals surface area (Å²) < 4.78 is 59.3. The van der Waals surface area contributed by atoms with E-state index >= 15 is 0 Å². The molecule has 2 aromatic heterocycles. The van der Waals surface area contributed by atoms with Gasteiger partial charge >= 0.3 is 6.09 Å². The summed E-state index contributed by atoms with van der Waals surface area (Å²) in [5, 5.41) is 5.49. The van der Waals surface area contributed by atoms with E-state index in [1.165, 1.54) is 36.3 Å². The first kappa shape index (κ1) is 37.3. The Morgan fingerprint density at radius 3 is 2.59 bits per heavy atom. The molecule has 4 aromatic rings. The minimum absolute atomic E-state index is 0.0314. The molecule has 2 aromatic carbocycles. The molecule has 0 bridgehead atoms. The van der Waals surface area contributed by atoms with E-state index in [-0.39, 0.29) is 43.1 Å². The Kier molecular flexibility index (Phi) is 9.88. The second-order valence-corrected chi connectivity index (χ2v) is 16.8. The maximum Gasteiger partial charge on any atom is 0.407 e. The standard InChI is InChI=1S/C39H41FN6O9S/c1-53-38(50)41-28-11-6-4-2-3-5-9-23-20-39(23,37(49)45-56(51,52)26-17-18-26)44-34(47)29-19-25(21-46(29)36(28)48)54-35-32-31(27-10-7-8-12-30(27)55-32)42-33(43-35)22-13-15-24(40)16-14-22/h5,7-10,12-16,23,25-26,28-29H,2-4,6,11,17-21H2,1H3,(H,41,50)(H,44,47)(H,45,49)/b9-5-/t23-,25+,28-,29-,39+/m0/s1. The fraction of sp³-hybridized carbons (Fsp3) is 0.436. The summed E-state index contributed by atoms with van der Waals surface area (Å²) in [6, 6.07) is 10.6. The second-order valence-electron chi connectivity index (χ2n) is 14.8. The predicted molar refractivity (Wildman–Crippen MR) is 200 cm³/mol. The summed E-state index contributed by atoms with van der Waals surface area (Å²) in [6.07, 6.45) is 6.13. The first-order valence-corrected chi connectivity index (χ1v) is 20.3. The largest absolute Gasteiger partial charge is 0.470 e. The predicted octanol–water partition coefficient (Wildman–Crippen LogP) is 4.26. The van der Waals surface area contributed by atoms with Crippen LogP contribution >= 0.6 is 0 Å². The van der Waals surface area contributed by atoms with Crippen molar-refractivity contribution in [2.45, 2.75) is 86.8 Å². The van der Waals surface area contributed by atoms with Gasteiger partial charge in [-0.05, 0) is 74.9 Å². The number of allylic oxidation sites excluding steroid dienone is 1. The van der Waals surface area contributed by atoms with E-state index in [9.17, 15) is 32.0 Å². The second kappa shape index (κ2) is 14.8. The normalized spacial score (nSPS) is 26.3. The van der Waals surface area contributed by atoms with Crippen LogP contribution < -0.4 is 20.1 Å². The molecule has 2 saturated carbocycles. The Morgan fingerprint density at radius 1 is 1.04 bits per heavy atom. The van der Waals surface area contributed by atoms with Gasteiger partial charge in [-0.25, -0.2) is 22.6 Å². The number of rotatable bonds is 7. The summed E-state index contributed by atoms with van der Waals surface area (Å²) in [5.41, 5.74) is 0.140. The van der Waals surface area contributed by atoms with E-state index in [0.717, 1.165) is 12.8 Å². The van der Waals surface area contributed by atoms with Crippen LogP contribution in [0, 0.1) is 11.7 Å². The van der Waals surface area contributed by atoms with Crippen LogP contribution in [0.4, 0.5) is 9.18 Å². The number of ether oxygens (including phenoxy) is 2. The fourth-order valence-corrected chi connectivity index (χ4v) is 8.94. The Morgan fingerprint density at radius 2 is 1.82 bits per heavy atom. The number of benzene rings is 2. The van der Waals surface area contributed by atoms with Gasteiger partial charge in [0.1, 0.15) is 40.6 Å². The molecular formula is C39H41FN6O9S. The number of aromatic nitrogens is 2. The van der Waals surface area contributed by atoms with E-state index in [2.05, 4.69) is 20.3 Å². The molecular weight excluding hydrogens is 748 g/mol. The van der Waals surface area contributed by atoms with Gasteiger partial charge in [-0.1, -0.05) is 37.1 Å². The quantitative estimate of drug-likeness (QED) is 0.226. The molecule has 3 fully saturated rings. The van der Waals surface area contributed by atoms with Gasteiger partial charge in [-0.15, -0.1) is 0 Å². The third-order valence-corrected chi connectivity index (χ3v) is 12.7. The molecule has 2 aliphatic heterocycles. The van der Waals surface area contributed by atoms with Gasteiger partial charge in [-0.2, -0.15) is 4.98 Å². The molecule has 56 heavy (non-hydrogen) atoms. The Balaban J connectivity index is 1.15. The number of methoxy groups -OCH3 is 1. The van der Waals surface area contributed by atoms with Gasteiger partial charge < -0.3 is 29.4 Å². The fourth-order valence-electron chi connectivity index (χ4n) is 7.58. The number of nitrogens with one attached hydrogen (secondary N) is 3. The zero-order chi connectivity index (χ0) is 39.2. The summed E-state index contributed by atoms with van der Waals surface area (Å²) in [6.45, 7) is -0.119. The van der Waals surface area contributed by atoms with Crippen molar-refractivity contribution in [3.8, 4) is 17.3 Å². The molecule has 2 aliphatic carbocycles. The number of carbonyl (C=O) groups excluding carboxylic acids is 4. The average molecular weight is 789 g/mol. The van der Waals surface area contributed by atoms with Crippen molar-refractivity contribution < 1.29 is 45.9 Å². The Labute approximate surface area is 321 Å². The SMILES string of the molecule is COC(=O)N[C@H]1CCCCC/C=C\[C@H]2C[C@@]2(C(=O)NS(=O)(=O)C2CC2)NC(=O)[C@@H]2C[C@@H](Oc3nc(-c4ccc(F)cc4)nc4c3oc3ccccc34)CN2C1=O. The van der Waals surface area contributed by atoms with Crippen LogP contribution in [0.2, 0.25) is 0 Å². The van der Waals surface area contributed by atoms with Crippen LogP contribution in [-0.2, 0) is 29.1 Å². The number of hydrogen-bond donors (Lipinski definition) is 3. The molecule has 0 unspecified atom stereocenters. The van der Waals surface area contributed by atoms with Crippen LogP contribution in [0.15, 0.2) is 65.1 Å². The number of hydrogen-bond acceptors (Lipinski definition) is 11. The van der Waals surface area contributed by atoms with Crippen molar-refractivity contribution in [1.29, 1.82) is 0 Å². The van der Waals surface area contributed by atoms with Crippen LogP contribution in [-0.4, -0.2) is 89.7 Å². The molecule has 17 heteroatoms. The van der Waals surface area contributed by atoms with Crippen molar-refractivity contribution in [3.05, 3.63) is 66.5 Å². The lowest BCUT2D eigenvalue weighted by molar-refractivity contribution is -0.141. The van der Waals surface area contributed by atoms with E-state index in [1.54, 1.807) is 12.1 Å². The lowest BCUT2D eigenvalue weighted by atomic mass is 10.1. The van der Waals surface area contributed by atoms with E-state index in [0.29, 0.717) is 47.7 Å². The van der Waals surface area contributed by atoms with Crippen molar-refractivity contribution in [2.75, 3.05) is 13.7 Å². The summed E-state index contributed by atoms with van der Waals surface area (Å²) in [4.78, 5) is 65.7. The molecule has 0 spiro atoms. The summed E-state index contributed by atoms with van der Waals surface area (Å²) >= 11 is 0. The summed E-state index contributed by atoms with van der Waals surface area (Å²) in [7, 11) is -2.74. The number of alkyl carbamates (subject to hydrolysis) is 1. The average Bonchev–Trinajstić information content (AvgIpc) is 4.08. The maximum atomic E-state index is 14.4. The highest BCUT2D eigenvalue weighted by atomic mass is 32.2. The van der Waals surface area contributed by atoms with Gasteiger partial charge in [-0.3, -0.25) is 19.1 Å². The van der Waals surface area contributed by atoms with Gasteiger partial charge in [0.25, 0.3) is 11.8 Å². The molecule has 0 radical (unpaired) electrons. The third-order valence-electron chi connectivity index (χ3n) is 10.9. The van der Waals surface area contributed by atoms with Gasteiger partial charge in [0, 0.05) is 23.3 Å². The monoisotopic (exact) mass is 788 g/mol. The van der Waals surface area contributed by atoms with Crippen molar-refractivity contribution in [2.24, 2.45) is 5.92 Å². The van der Waals surface area contributed by atoms with Crippen LogP contribution in [0.1, 0.15) is 57.8 Å². The number of carbonyl (C=O) groups is 4. The number of nitrogens with zero attached hydrogens (tertiary/aromatic N) is 3. The van der Waals surface area contributed by atoms with Crippen molar-refractivity contribution >= 4 is 55.9 Å². The van der Waals surface area contributed by atoms with Crippen molar-refractivity contribution in [3.63, 3.8) is 0 Å².